The van der Waals surface area contributed by atoms with E-state index in [1.54, 1.807) is 0 Å². The van der Waals surface area contributed by atoms with Crippen LogP contribution in [0.5, 0.6) is 5.75 Å². The molecule has 0 atom stereocenters. The summed E-state index contributed by atoms with van der Waals surface area (Å²) in [5.74, 6) is 0.910. The van der Waals surface area contributed by atoms with E-state index >= 15 is 0 Å². The van der Waals surface area contributed by atoms with Crippen LogP contribution in [-0.4, -0.2) is 19.6 Å². The number of hydrogen-bond donors (Lipinski definition) is 1. The number of fused-ring (bicyclic) bond motifs is 1. The second kappa shape index (κ2) is 16.1. The zero-order valence-electron chi connectivity index (χ0n) is 33.8. The second-order valence-electron chi connectivity index (χ2n) is 16.1. The largest absolute Gasteiger partial charge is 0.507 e. The zero-order chi connectivity index (χ0) is 40.0. The number of para-hydroxylation sites is 1. The fourth-order valence-corrected chi connectivity index (χ4v) is 8.05. The van der Waals surface area contributed by atoms with Crippen molar-refractivity contribution in [1.29, 1.82) is 0 Å². The van der Waals surface area contributed by atoms with Gasteiger partial charge in [0, 0.05) is 33.0 Å². The van der Waals surface area contributed by atoms with E-state index in [0.717, 1.165) is 83.6 Å². The number of benzene rings is 7. The summed E-state index contributed by atoms with van der Waals surface area (Å²) >= 11 is 0. The smallest absolute Gasteiger partial charge is 0.148 e. The van der Waals surface area contributed by atoms with Crippen molar-refractivity contribution in [1.82, 2.24) is 14.5 Å². The average molecular weight is 946 g/mol. The Morgan fingerprint density at radius 2 is 1.17 bits per heavy atom. The summed E-state index contributed by atoms with van der Waals surface area (Å²) in [5, 5.41) is 11.7. The first-order chi connectivity index (χ1) is 28.1. The van der Waals surface area contributed by atoms with Crippen LogP contribution in [0.2, 0.25) is 0 Å². The Balaban J connectivity index is 0.00000484. The minimum Gasteiger partial charge on any atom is -0.507 e. The number of aryl methyl sites for hydroxylation is 2. The van der Waals surface area contributed by atoms with Gasteiger partial charge in [-0.15, -0.1) is 23.8 Å². The van der Waals surface area contributed by atoms with E-state index in [4.69, 9.17) is 9.97 Å². The number of aromatic nitrogens is 3. The summed E-state index contributed by atoms with van der Waals surface area (Å²) in [5.41, 5.74) is 16.6. The summed E-state index contributed by atoms with van der Waals surface area (Å²) in [7, 11) is 0. The minimum absolute atomic E-state index is 0. The van der Waals surface area contributed by atoms with E-state index in [-0.39, 0.29) is 32.2 Å². The Morgan fingerprint density at radius 3 is 1.81 bits per heavy atom. The van der Waals surface area contributed by atoms with Crippen LogP contribution in [0.4, 0.5) is 0 Å². The van der Waals surface area contributed by atoms with Crippen molar-refractivity contribution < 1.29 is 26.2 Å². The van der Waals surface area contributed by atoms with Gasteiger partial charge in [0.25, 0.3) is 0 Å². The molecule has 0 unspecified atom stereocenters. The molecule has 0 fully saturated rings. The maximum Gasteiger partial charge on any atom is 0.148 e. The molecule has 7 aromatic carbocycles. The standard InChI is InChI=1S/C54H44N3O.Pt/c1-35-28-36(2)52(58)46(29-35)53-56-51-45(22-15-23-50(51)57(53)49-25-24-40(33-47(49)54(3,4)5)37-16-9-6-10-17-37)43-30-42(39-20-13-8-14-21-39)31-44(32-43)48-34-41(26-27-55-48)38-18-11-7-12-19-38;/h6-31,33-34,58H,1-5H3;/q-1;. The number of hydrogen-bond acceptors (Lipinski definition) is 3. The summed E-state index contributed by atoms with van der Waals surface area (Å²) < 4.78 is 2.25. The van der Waals surface area contributed by atoms with E-state index in [2.05, 4.69) is 178 Å². The third-order valence-corrected chi connectivity index (χ3v) is 10.9. The molecule has 59 heavy (non-hydrogen) atoms. The van der Waals surface area contributed by atoms with Crippen molar-refractivity contribution in [3.05, 3.63) is 193 Å². The monoisotopic (exact) mass is 945 g/mol. The summed E-state index contributed by atoms with van der Waals surface area (Å²) in [6.45, 7) is 10.8. The van der Waals surface area contributed by atoms with Gasteiger partial charge in [-0.05, 0) is 94.1 Å². The van der Waals surface area contributed by atoms with Crippen molar-refractivity contribution in [2.24, 2.45) is 0 Å². The fourth-order valence-electron chi connectivity index (χ4n) is 8.05. The number of pyridine rings is 1. The molecule has 9 aromatic rings. The van der Waals surface area contributed by atoms with Crippen LogP contribution in [0.15, 0.2) is 170 Å². The van der Waals surface area contributed by atoms with Crippen molar-refractivity contribution in [2.75, 3.05) is 0 Å². The van der Waals surface area contributed by atoms with Gasteiger partial charge in [-0.3, -0.25) is 9.55 Å². The van der Waals surface area contributed by atoms with E-state index in [1.807, 2.05) is 37.4 Å². The van der Waals surface area contributed by atoms with Crippen molar-refractivity contribution in [3.8, 4) is 78.6 Å². The molecule has 5 heteroatoms. The quantitative estimate of drug-likeness (QED) is 0.162. The van der Waals surface area contributed by atoms with E-state index in [1.165, 1.54) is 5.56 Å². The van der Waals surface area contributed by atoms with Gasteiger partial charge >= 0.3 is 0 Å². The molecule has 0 spiro atoms. The van der Waals surface area contributed by atoms with Crippen LogP contribution in [-0.2, 0) is 26.5 Å². The van der Waals surface area contributed by atoms with Crippen LogP contribution >= 0.6 is 0 Å². The summed E-state index contributed by atoms with van der Waals surface area (Å²) in [4.78, 5) is 10.4. The number of aromatic hydroxyl groups is 1. The van der Waals surface area contributed by atoms with E-state index in [9.17, 15) is 5.11 Å². The molecule has 0 radical (unpaired) electrons. The predicted octanol–water partition coefficient (Wildman–Crippen LogP) is 13.8. The Morgan fingerprint density at radius 1 is 0.559 bits per heavy atom. The van der Waals surface area contributed by atoms with Gasteiger partial charge in [-0.2, -0.15) is 0 Å². The molecule has 292 valence electrons. The Bertz CT molecular complexity index is 2950. The number of phenols is 1. The first-order valence-corrected chi connectivity index (χ1v) is 19.8. The van der Waals surface area contributed by atoms with Crippen molar-refractivity contribution >= 4 is 11.0 Å². The van der Waals surface area contributed by atoms with Gasteiger partial charge < -0.3 is 5.11 Å². The van der Waals surface area contributed by atoms with Gasteiger partial charge in [0.15, 0.2) is 0 Å². The van der Waals surface area contributed by atoms with Crippen LogP contribution in [0, 0.1) is 19.9 Å². The fraction of sp³-hybridized carbons (Fsp3) is 0.111. The summed E-state index contributed by atoms with van der Waals surface area (Å²) in [6, 6.07) is 60.9. The Hall–Kier alpha value is -6.35. The molecule has 4 nitrogen and oxygen atoms in total. The molecule has 0 saturated carbocycles. The maximum absolute atomic E-state index is 11.7. The number of phenolic OH excluding ortho intramolecular Hbond substituents is 1. The molecule has 0 amide bonds. The molecule has 9 rings (SSSR count). The third-order valence-electron chi connectivity index (χ3n) is 10.9. The topological polar surface area (TPSA) is 50.9 Å². The van der Waals surface area contributed by atoms with Crippen LogP contribution < -0.4 is 0 Å². The van der Waals surface area contributed by atoms with E-state index in [0.29, 0.717) is 11.4 Å². The van der Waals surface area contributed by atoms with Gasteiger partial charge in [-0.25, -0.2) is 4.98 Å². The van der Waals surface area contributed by atoms with Crippen molar-refractivity contribution in [2.45, 2.75) is 40.0 Å². The molecule has 1 N–H and O–H groups in total. The molecular formula is C54H44N3OPt-. The zero-order valence-corrected chi connectivity index (χ0v) is 36.0. The normalized spacial score (nSPS) is 11.4. The van der Waals surface area contributed by atoms with Crippen LogP contribution in [0.1, 0.15) is 37.5 Å². The minimum atomic E-state index is -0.218. The predicted molar refractivity (Wildman–Crippen MR) is 240 cm³/mol. The molecule has 0 aliphatic rings. The van der Waals surface area contributed by atoms with Gasteiger partial charge in [-0.1, -0.05) is 159 Å². The molecule has 0 aliphatic heterocycles. The first kappa shape index (κ1) is 39.5. The molecule has 0 saturated heterocycles. The molecule has 0 aliphatic carbocycles. The number of nitrogens with zero attached hydrogens (tertiary/aromatic N) is 3. The Kier molecular flexibility index (Phi) is 10.8. The van der Waals surface area contributed by atoms with Crippen LogP contribution in [0.25, 0.3) is 83.9 Å². The second-order valence-corrected chi connectivity index (χ2v) is 16.1. The third kappa shape index (κ3) is 7.69. The average Bonchev–Trinajstić information content (AvgIpc) is 3.65. The SMILES string of the molecule is Cc1cc(C)c(O)c(-c2nc3c(-c4[c-]c(-c5cc(-c6ccccc6)ccn5)cc(-c5ccccc5)c4)cccc3n2-c2ccc(-c3ccccc3)cc2C(C)(C)C)c1.[Pt]. The number of imidazole rings is 1. The molecule has 0 bridgehead atoms. The molecular weight excluding hydrogens is 902 g/mol. The van der Waals surface area contributed by atoms with Crippen LogP contribution in [0.3, 0.4) is 0 Å². The number of rotatable bonds is 7. The van der Waals surface area contributed by atoms with Gasteiger partial charge in [0.05, 0.1) is 22.3 Å². The van der Waals surface area contributed by atoms with Gasteiger partial charge in [0.1, 0.15) is 11.6 Å². The Labute approximate surface area is 361 Å². The molecule has 2 heterocycles. The van der Waals surface area contributed by atoms with Crippen molar-refractivity contribution in [3.63, 3.8) is 0 Å². The van der Waals surface area contributed by atoms with Gasteiger partial charge in [0.2, 0.25) is 0 Å². The first-order valence-electron chi connectivity index (χ1n) is 19.8. The summed E-state index contributed by atoms with van der Waals surface area (Å²) in [6.07, 6.45) is 1.88. The maximum atomic E-state index is 11.7. The molecule has 2 aromatic heterocycles. The van der Waals surface area contributed by atoms with E-state index < -0.39 is 0 Å².